The smallest absolute Gasteiger partial charge is 0.243 e. The summed E-state index contributed by atoms with van der Waals surface area (Å²) >= 11 is 0. The van der Waals surface area contributed by atoms with Crippen LogP contribution in [0.2, 0.25) is 0 Å². The summed E-state index contributed by atoms with van der Waals surface area (Å²) in [5.41, 5.74) is -0.830. The Hall–Kier alpha value is -2.32. The molecule has 8 rings (SSSR count). The molecule has 3 unspecified atom stereocenters. The molecule has 2 N–H and O–H groups in total. The maximum absolute atomic E-state index is 14.1. The number of phenolic OH excluding ortho intramolecular Hbond substituents is 1. The van der Waals surface area contributed by atoms with Crippen LogP contribution in [0.4, 0.5) is 5.69 Å². The SMILES string of the molecule is CN1C(=O)C23CCCCN2C[C@]12C[C@@]1(C(=O)Nc4c1ccc(O)c4OCC1OC1(C)C)C(C)(C)C2C3. The molecule has 6 fully saturated rings. The Labute approximate surface area is 212 Å². The molecule has 194 valence electrons. The van der Waals surface area contributed by atoms with E-state index in [-0.39, 0.29) is 35.2 Å². The van der Waals surface area contributed by atoms with Crippen LogP contribution in [-0.2, 0) is 19.7 Å². The summed E-state index contributed by atoms with van der Waals surface area (Å²) in [5.74, 6) is 0.706. The first kappa shape index (κ1) is 22.8. The number of benzene rings is 1. The van der Waals surface area contributed by atoms with E-state index in [1.807, 2.05) is 31.9 Å². The highest BCUT2D eigenvalue weighted by molar-refractivity contribution is 6.09. The van der Waals surface area contributed by atoms with E-state index in [1.54, 1.807) is 6.07 Å². The second-order valence-corrected chi connectivity index (χ2v) is 13.2. The predicted molar refractivity (Wildman–Crippen MR) is 133 cm³/mol. The van der Waals surface area contributed by atoms with E-state index < -0.39 is 21.9 Å². The molecule has 1 aromatic carbocycles. The molecule has 3 spiro atoms. The fraction of sp³-hybridized carbons (Fsp3) is 0.714. The lowest BCUT2D eigenvalue weighted by Gasteiger charge is -2.67. The third-order valence-corrected chi connectivity index (χ3v) is 11.2. The van der Waals surface area contributed by atoms with Gasteiger partial charge in [0.2, 0.25) is 11.8 Å². The predicted octanol–water partition coefficient (Wildman–Crippen LogP) is 3.02. The van der Waals surface area contributed by atoms with Crippen LogP contribution in [0.15, 0.2) is 12.1 Å². The van der Waals surface area contributed by atoms with Crippen molar-refractivity contribution in [2.24, 2.45) is 11.3 Å². The molecule has 1 aliphatic carbocycles. The minimum Gasteiger partial charge on any atom is -0.504 e. The van der Waals surface area contributed by atoms with Crippen molar-refractivity contribution in [1.82, 2.24) is 9.80 Å². The summed E-state index contributed by atoms with van der Waals surface area (Å²) < 4.78 is 11.7. The Kier molecular flexibility index (Phi) is 4.17. The van der Waals surface area contributed by atoms with E-state index in [9.17, 15) is 14.7 Å². The van der Waals surface area contributed by atoms with Gasteiger partial charge in [-0.25, -0.2) is 0 Å². The van der Waals surface area contributed by atoms with Gasteiger partial charge in [-0.05, 0) is 75.5 Å². The number of piperidine rings is 3. The molecular weight excluding hydrogens is 458 g/mol. The Balaban J connectivity index is 1.34. The summed E-state index contributed by atoms with van der Waals surface area (Å²) in [6.45, 7) is 10.5. The quantitative estimate of drug-likeness (QED) is 0.626. The fourth-order valence-electron chi connectivity index (χ4n) is 9.00. The summed E-state index contributed by atoms with van der Waals surface area (Å²) in [5, 5.41) is 13.9. The number of nitrogens with one attached hydrogen (secondary N) is 1. The van der Waals surface area contributed by atoms with Crippen LogP contribution in [0.1, 0.15) is 65.4 Å². The Morgan fingerprint density at radius 3 is 2.67 bits per heavy atom. The lowest BCUT2D eigenvalue weighted by molar-refractivity contribution is -0.196. The number of rotatable bonds is 3. The van der Waals surface area contributed by atoms with Crippen molar-refractivity contribution in [2.75, 3.05) is 32.1 Å². The highest BCUT2D eigenvalue weighted by Gasteiger charge is 2.79. The lowest BCUT2D eigenvalue weighted by Crippen LogP contribution is -2.80. The number of piperazine rings is 1. The zero-order chi connectivity index (χ0) is 25.5. The van der Waals surface area contributed by atoms with Crippen molar-refractivity contribution in [1.29, 1.82) is 0 Å². The van der Waals surface area contributed by atoms with Crippen molar-refractivity contribution in [3.63, 3.8) is 0 Å². The molecular formula is C28H37N3O5. The lowest BCUT2D eigenvalue weighted by atomic mass is 9.56. The average Bonchev–Trinajstić information content (AvgIpc) is 3.25. The van der Waals surface area contributed by atoms with Crippen molar-refractivity contribution in [2.45, 2.75) is 88.0 Å². The number of hydrogen-bond acceptors (Lipinski definition) is 6. The van der Waals surface area contributed by atoms with Gasteiger partial charge in [0, 0.05) is 13.6 Å². The van der Waals surface area contributed by atoms with Crippen molar-refractivity contribution in [3.05, 3.63) is 17.7 Å². The first-order valence-electron chi connectivity index (χ1n) is 13.4. The summed E-state index contributed by atoms with van der Waals surface area (Å²) in [6, 6.07) is 3.54. The second-order valence-electron chi connectivity index (χ2n) is 13.2. The number of aromatic hydroxyl groups is 1. The number of amides is 2. The zero-order valence-electron chi connectivity index (χ0n) is 21.9. The zero-order valence-corrected chi connectivity index (χ0v) is 21.9. The van der Waals surface area contributed by atoms with Gasteiger partial charge in [-0.1, -0.05) is 19.9 Å². The van der Waals surface area contributed by atoms with Crippen LogP contribution in [-0.4, -0.2) is 76.2 Å². The second kappa shape index (κ2) is 6.57. The molecule has 0 aromatic heterocycles. The number of anilines is 1. The number of ether oxygens (including phenoxy) is 2. The van der Waals surface area contributed by atoms with E-state index in [0.717, 1.165) is 44.3 Å². The normalized spacial score (nSPS) is 41.2. The Morgan fingerprint density at radius 2 is 1.94 bits per heavy atom. The van der Waals surface area contributed by atoms with Crippen LogP contribution >= 0.6 is 0 Å². The van der Waals surface area contributed by atoms with Gasteiger partial charge >= 0.3 is 0 Å². The Morgan fingerprint density at radius 1 is 1.19 bits per heavy atom. The topological polar surface area (TPSA) is 94.6 Å². The highest BCUT2D eigenvalue weighted by Crippen LogP contribution is 2.72. The summed E-state index contributed by atoms with van der Waals surface area (Å²) in [4.78, 5) is 32.4. The fourth-order valence-corrected chi connectivity index (χ4v) is 9.00. The molecule has 6 heterocycles. The van der Waals surface area contributed by atoms with Gasteiger partial charge in [0.1, 0.15) is 18.2 Å². The molecule has 5 atom stereocenters. The molecule has 8 heteroatoms. The Bertz CT molecular complexity index is 1210. The number of fused-ring (bicyclic) bond motifs is 3. The number of hydrogen-bond donors (Lipinski definition) is 2. The van der Waals surface area contributed by atoms with E-state index in [4.69, 9.17) is 9.47 Å². The minimum atomic E-state index is -0.817. The third kappa shape index (κ3) is 2.39. The van der Waals surface area contributed by atoms with Crippen LogP contribution in [0.3, 0.4) is 0 Å². The molecule has 36 heavy (non-hydrogen) atoms. The standard InChI is InChI=1S/C28H37N3O5/c1-24(2)18-12-26-10-6-7-11-31(26)15-27(18,30(5)23(26)34)14-28(24)16-8-9-17(32)21(20(16)29-22(28)33)35-13-19-25(3,4)36-19/h8-9,18-19,32H,6-7,10-15H2,1-5H3,(H,29,33)/t18?,19?,26?,27-,28+/m0/s1. The molecule has 1 aromatic rings. The molecule has 2 amide bonds. The number of phenols is 1. The molecule has 8 nitrogen and oxygen atoms in total. The minimum absolute atomic E-state index is 0.0141. The molecule has 5 saturated heterocycles. The number of carbonyl (C=O) groups is 2. The highest BCUT2D eigenvalue weighted by atomic mass is 16.6. The van der Waals surface area contributed by atoms with Gasteiger partial charge in [-0.3, -0.25) is 14.5 Å². The number of epoxide rings is 1. The van der Waals surface area contributed by atoms with Crippen molar-refractivity contribution in [3.8, 4) is 11.5 Å². The third-order valence-electron chi connectivity index (χ3n) is 11.2. The molecule has 6 aliphatic heterocycles. The van der Waals surface area contributed by atoms with E-state index >= 15 is 0 Å². The average molecular weight is 496 g/mol. The molecule has 0 radical (unpaired) electrons. The van der Waals surface area contributed by atoms with Crippen LogP contribution in [0.25, 0.3) is 0 Å². The molecule has 7 aliphatic rings. The van der Waals surface area contributed by atoms with Crippen molar-refractivity contribution >= 4 is 17.5 Å². The number of nitrogens with zero attached hydrogens (tertiary/aromatic N) is 2. The van der Waals surface area contributed by atoms with E-state index in [2.05, 4.69) is 24.1 Å². The number of carbonyl (C=O) groups excluding carboxylic acids is 2. The van der Waals surface area contributed by atoms with E-state index in [0.29, 0.717) is 24.5 Å². The summed E-state index contributed by atoms with van der Waals surface area (Å²) in [6.07, 6.45) is 4.44. The van der Waals surface area contributed by atoms with Crippen LogP contribution in [0.5, 0.6) is 11.5 Å². The van der Waals surface area contributed by atoms with Gasteiger partial charge in [0.25, 0.3) is 0 Å². The first-order valence-corrected chi connectivity index (χ1v) is 13.4. The largest absolute Gasteiger partial charge is 0.504 e. The molecule has 1 saturated carbocycles. The van der Waals surface area contributed by atoms with Gasteiger partial charge in [0.15, 0.2) is 11.5 Å². The van der Waals surface area contributed by atoms with Crippen molar-refractivity contribution < 1.29 is 24.2 Å². The van der Waals surface area contributed by atoms with Crippen LogP contribution < -0.4 is 10.1 Å². The first-order chi connectivity index (χ1) is 16.9. The molecule has 2 bridgehead atoms. The van der Waals surface area contributed by atoms with Gasteiger partial charge < -0.3 is 24.8 Å². The van der Waals surface area contributed by atoms with Gasteiger partial charge in [-0.2, -0.15) is 0 Å². The maximum Gasteiger partial charge on any atom is 0.243 e. The van der Waals surface area contributed by atoms with E-state index in [1.165, 1.54) is 0 Å². The summed E-state index contributed by atoms with van der Waals surface area (Å²) in [7, 11) is 1.97. The van der Waals surface area contributed by atoms with Gasteiger partial charge in [-0.15, -0.1) is 0 Å². The van der Waals surface area contributed by atoms with Gasteiger partial charge in [0.05, 0.1) is 22.2 Å². The number of likely N-dealkylation sites (N-methyl/N-ethyl adjacent to an activating group) is 1. The maximum atomic E-state index is 14.1. The van der Waals surface area contributed by atoms with Crippen LogP contribution in [0, 0.1) is 11.3 Å². The monoisotopic (exact) mass is 495 g/mol.